The first-order valence-corrected chi connectivity index (χ1v) is 6.85. The molecular weight excluding hydrogens is 258 g/mol. The van der Waals surface area contributed by atoms with Crippen molar-refractivity contribution in [2.24, 2.45) is 0 Å². The number of carboxylic acid groups (broad SMARTS) is 2. The summed E-state index contributed by atoms with van der Waals surface area (Å²) in [5.74, 6) is -1.86. The van der Waals surface area contributed by atoms with Gasteiger partial charge in [-0.25, -0.2) is 0 Å². The van der Waals surface area contributed by atoms with Crippen molar-refractivity contribution in [3.8, 4) is 0 Å². The van der Waals surface area contributed by atoms with E-state index in [9.17, 15) is 14.7 Å². The zero-order chi connectivity index (χ0) is 14.5. The fourth-order valence-electron chi connectivity index (χ4n) is 2.81. The second-order valence-corrected chi connectivity index (χ2v) is 5.11. The second-order valence-electron chi connectivity index (χ2n) is 5.11. The van der Waals surface area contributed by atoms with Crippen LogP contribution in [0.1, 0.15) is 24.8 Å². The molecule has 0 radical (unpaired) electrons. The molecule has 5 nitrogen and oxygen atoms in total. The molecule has 1 heterocycles. The van der Waals surface area contributed by atoms with Crippen molar-refractivity contribution in [2.75, 3.05) is 6.54 Å². The van der Waals surface area contributed by atoms with E-state index in [1.807, 2.05) is 30.3 Å². The van der Waals surface area contributed by atoms with Crippen LogP contribution in [0.25, 0.3) is 0 Å². The van der Waals surface area contributed by atoms with Crippen molar-refractivity contribution >= 4 is 11.9 Å². The summed E-state index contributed by atoms with van der Waals surface area (Å²) in [6.45, 7) is 0.544. The molecule has 108 valence electrons. The molecule has 1 aliphatic rings. The fourth-order valence-corrected chi connectivity index (χ4v) is 2.81. The molecule has 0 amide bonds. The quantitative estimate of drug-likeness (QED) is 0.826. The molecule has 5 heteroatoms. The number of hydrogen-bond donors (Lipinski definition) is 2. The maximum atomic E-state index is 11.4. The third-order valence-corrected chi connectivity index (χ3v) is 3.81. The summed E-state index contributed by atoms with van der Waals surface area (Å²) in [6, 6.07) is 8.28. The molecule has 0 bridgehead atoms. The van der Waals surface area contributed by atoms with Crippen molar-refractivity contribution in [1.29, 1.82) is 0 Å². The van der Waals surface area contributed by atoms with Gasteiger partial charge >= 0.3 is 11.9 Å². The van der Waals surface area contributed by atoms with Gasteiger partial charge in [-0.3, -0.25) is 14.5 Å². The van der Waals surface area contributed by atoms with E-state index in [0.717, 1.165) is 12.0 Å². The van der Waals surface area contributed by atoms with Gasteiger partial charge < -0.3 is 10.2 Å². The first kappa shape index (κ1) is 14.5. The third kappa shape index (κ3) is 3.36. The molecule has 1 aliphatic heterocycles. The van der Waals surface area contributed by atoms with Crippen molar-refractivity contribution in [1.82, 2.24) is 4.90 Å². The maximum absolute atomic E-state index is 11.4. The molecule has 0 aliphatic carbocycles. The van der Waals surface area contributed by atoms with Gasteiger partial charge in [-0.1, -0.05) is 30.3 Å². The lowest BCUT2D eigenvalue weighted by atomic mass is 10.0. The van der Waals surface area contributed by atoms with Crippen LogP contribution in [0, 0.1) is 0 Å². The Balaban J connectivity index is 2.04. The van der Waals surface area contributed by atoms with E-state index >= 15 is 0 Å². The van der Waals surface area contributed by atoms with E-state index < -0.39 is 24.0 Å². The molecule has 1 saturated heterocycles. The largest absolute Gasteiger partial charge is 0.480 e. The predicted octanol–water partition coefficient (Wildman–Crippen LogP) is 1.62. The minimum Gasteiger partial charge on any atom is -0.480 e. The van der Waals surface area contributed by atoms with Crippen LogP contribution in [0.15, 0.2) is 30.3 Å². The molecule has 0 saturated carbocycles. The van der Waals surface area contributed by atoms with Crippen molar-refractivity contribution < 1.29 is 19.8 Å². The van der Waals surface area contributed by atoms with Crippen LogP contribution in [-0.4, -0.2) is 45.7 Å². The van der Waals surface area contributed by atoms with Crippen molar-refractivity contribution in [3.63, 3.8) is 0 Å². The molecule has 1 fully saturated rings. The van der Waals surface area contributed by atoms with Crippen LogP contribution >= 0.6 is 0 Å². The third-order valence-electron chi connectivity index (χ3n) is 3.81. The smallest absolute Gasteiger partial charge is 0.320 e. The normalized spacial score (nSPS) is 20.7. The number of likely N-dealkylation sites (tertiary alicyclic amines) is 1. The Kier molecular flexibility index (Phi) is 4.74. The number of carboxylic acids is 2. The van der Waals surface area contributed by atoms with E-state index in [1.54, 1.807) is 4.90 Å². The zero-order valence-electron chi connectivity index (χ0n) is 11.2. The molecule has 1 aromatic carbocycles. The Morgan fingerprint density at radius 3 is 2.55 bits per heavy atom. The first-order valence-electron chi connectivity index (χ1n) is 6.85. The molecule has 1 aromatic rings. The van der Waals surface area contributed by atoms with E-state index in [0.29, 0.717) is 25.8 Å². The number of benzene rings is 1. The van der Waals surface area contributed by atoms with Crippen LogP contribution < -0.4 is 0 Å². The fraction of sp³-hybridized carbons (Fsp3) is 0.467. The Hall–Kier alpha value is -1.88. The van der Waals surface area contributed by atoms with Gasteiger partial charge in [-0.2, -0.15) is 0 Å². The molecular formula is C15H19NO4. The van der Waals surface area contributed by atoms with Gasteiger partial charge in [0.15, 0.2) is 0 Å². The SMILES string of the molecule is O=C(O)C1CCCN1C(CCc1ccccc1)C(=O)O. The molecule has 2 unspecified atom stereocenters. The lowest BCUT2D eigenvalue weighted by Gasteiger charge is -2.28. The van der Waals surface area contributed by atoms with E-state index in [2.05, 4.69) is 0 Å². The number of aliphatic carboxylic acids is 2. The number of rotatable bonds is 6. The molecule has 2 rings (SSSR count). The Morgan fingerprint density at radius 1 is 1.25 bits per heavy atom. The molecule has 20 heavy (non-hydrogen) atoms. The van der Waals surface area contributed by atoms with Gasteiger partial charge in [0.05, 0.1) is 0 Å². The summed E-state index contributed by atoms with van der Waals surface area (Å²) in [7, 11) is 0. The zero-order valence-corrected chi connectivity index (χ0v) is 11.2. The summed E-state index contributed by atoms with van der Waals surface area (Å²) in [4.78, 5) is 24.2. The minimum atomic E-state index is -0.936. The molecule has 2 atom stereocenters. The predicted molar refractivity (Wildman–Crippen MR) is 73.6 cm³/mol. The van der Waals surface area contributed by atoms with Crippen LogP contribution in [0.3, 0.4) is 0 Å². The van der Waals surface area contributed by atoms with E-state index in [-0.39, 0.29) is 0 Å². The van der Waals surface area contributed by atoms with Crippen LogP contribution in [-0.2, 0) is 16.0 Å². The Labute approximate surface area is 117 Å². The summed E-state index contributed by atoms with van der Waals surface area (Å²) < 4.78 is 0. The molecule has 0 spiro atoms. The number of carbonyl (C=O) groups is 2. The number of nitrogens with zero attached hydrogens (tertiary/aromatic N) is 1. The van der Waals surface area contributed by atoms with E-state index in [4.69, 9.17) is 5.11 Å². The Morgan fingerprint density at radius 2 is 1.95 bits per heavy atom. The van der Waals surface area contributed by atoms with Gasteiger partial charge in [0.1, 0.15) is 12.1 Å². The summed E-state index contributed by atoms with van der Waals surface area (Å²) in [6.07, 6.45) is 2.35. The van der Waals surface area contributed by atoms with Crippen LogP contribution in [0.2, 0.25) is 0 Å². The average molecular weight is 277 g/mol. The monoisotopic (exact) mass is 277 g/mol. The van der Waals surface area contributed by atoms with Gasteiger partial charge in [0.2, 0.25) is 0 Å². The topological polar surface area (TPSA) is 77.8 Å². The lowest BCUT2D eigenvalue weighted by molar-refractivity contribution is -0.149. The van der Waals surface area contributed by atoms with Gasteiger partial charge in [-0.15, -0.1) is 0 Å². The summed E-state index contributed by atoms with van der Waals surface area (Å²) in [5.41, 5.74) is 1.07. The van der Waals surface area contributed by atoms with Crippen LogP contribution in [0.5, 0.6) is 0 Å². The second kappa shape index (κ2) is 6.52. The highest BCUT2D eigenvalue weighted by Crippen LogP contribution is 2.23. The lowest BCUT2D eigenvalue weighted by Crippen LogP contribution is -2.47. The minimum absolute atomic E-state index is 0.434. The highest BCUT2D eigenvalue weighted by molar-refractivity contribution is 5.77. The van der Waals surface area contributed by atoms with Gasteiger partial charge in [0.25, 0.3) is 0 Å². The van der Waals surface area contributed by atoms with Gasteiger partial charge in [0, 0.05) is 0 Å². The highest BCUT2D eigenvalue weighted by atomic mass is 16.4. The van der Waals surface area contributed by atoms with Gasteiger partial charge in [-0.05, 0) is 37.8 Å². The van der Waals surface area contributed by atoms with Crippen molar-refractivity contribution in [3.05, 3.63) is 35.9 Å². The van der Waals surface area contributed by atoms with E-state index in [1.165, 1.54) is 0 Å². The highest BCUT2D eigenvalue weighted by Gasteiger charge is 2.38. The standard InChI is InChI=1S/C15H19NO4/c17-14(18)12-7-4-10-16(12)13(15(19)20)9-8-11-5-2-1-3-6-11/h1-3,5-6,12-13H,4,7-10H2,(H,17,18)(H,19,20). The summed E-state index contributed by atoms with van der Waals surface area (Å²) in [5, 5.41) is 18.5. The number of hydrogen-bond acceptors (Lipinski definition) is 3. The number of aryl methyl sites for hydroxylation is 1. The first-order chi connectivity index (χ1) is 9.59. The molecule has 0 aromatic heterocycles. The molecule has 2 N–H and O–H groups in total. The summed E-state index contributed by atoms with van der Waals surface area (Å²) >= 11 is 0. The average Bonchev–Trinajstić information content (AvgIpc) is 2.89. The van der Waals surface area contributed by atoms with Crippen LogP contribution in [0.4, 0.5) is 0 Å². The van der Waals surface area contributed by atoms with Crippen molar-refractivity contribution in [2.45, 2.75) is 37.8 Å². The maximum Gasteiger partial charge on any atom is 0.320 e. The Bertz CT molecular complexity index is 474.